The van der Waals surface area contributed by atoms with Crippen LogP contribution < -0.4 is 0 Å². The van der Waals surface area contributed by atoms with Gasteiger partial charge in [-0.15, -0.1) is 0 Å². The third-order valence-corrected chi connectivity index (χ3v) is 2.52. The second kappa shape index (κ2) is 2.88. The van der Waals surface area contributed by atoms with Crippen molar-refractivity contribution in [2.45, 2.75) is 18.4 Å². The molecule has 0 fully saturated rings. The predicted octanol–water partition coefficient (Wildman–Crippen LogP) is 1.20. The van der Waals surface area contributed by atoms with Crippen molar-refractivity contribution in [3.8, 4) is 0 Å². The molecular weight excluding hydrogens is 152 g/mol. The molecule has 2 N–H and O–H groups in total. The molecule has 2 heteroatoms. The van der Waals surface area contributed by atoms with E-state index in [9.17, 15) is 5.11 Å². The van der Waals surface area contributed by atoms with Crippen LogP contribution in [-0.4, -0.2) is 16.8 Å². The van der Waals surface area contributed by atoms with Crippen molar-refractivity contribution in [3.63, 3.8) is 0 Å². The van der Waals surface area contributed by atoms with Gasteiger partial charge >= 0.3 is 0 Å². The van der Waals surface area contributed by atoms with Crippen molar-refractivity contribution in [3.05, 3.63) is 35.4 Å². The van der Waals surface area contributed by atoms with E-state index in [0.717, 1.165) is 11.1 Å². The van der Waals surface area contributed by atoms with Gasteiger partial charge in [0.25, 0.3) is 0 Å². The van der Waals surface area contributed by atoms with Crippen LogP contribution in [-0.2, 0) is 0 Å². The number of hydrogen-bond acceptors (Lipinski definition) is 2. The molecule has 1 aromatic carbocycles. The second-order valence-corrected chi connectivity index (χ2v) is 3.26. The van der Waals surface area contributed by atoms with E-state index in [1.165, 1.54) is 0 Å². The van der Waals surface area contributed by atoms with Gasteiger partial charge in [-0.05, 0) is 17.5 Å². The fourth-order valence-electron chi connectivity index (χ4n) is 1.88. The first kappa shape index (κ1) is 7.77. The van der Waals surface area contributed by atoms with Crippen LogP contribution in [0.15, 0.2) is 24.3 Å². The van der Waals surface area contributed by atoms with Gasteiger partial charge < -0.3 is 10.2 Å². The summed E-state index contributed by atoms with van der Waals surface area (Å²) in [4.78, 5) is 0. The molecular formula is C10H12O2. The maximum atomic E-state index is 9.57. The Hall–Kier alpha value is -0.860. The van der Waals surface area contributed by atoms with Crippen LogP contribution in [0.25, 0.3) is 0 Å². The number of fused-ring (bicyclic) bond motifs is 1. The van der Waals surface area contributed by atoms with E-state index in [1.54, 1.807) is 0 Å². The Labute approximate surface area is 71.5 Å². The fraction of sp³-hybridized carbons (Fsp3) is 0.400. The Morgan fingerprint density at radius 3 is 2.58 bits per heavy atom. The summed E-state index contributed by atoms with van der Waals surface area (Å²) in [6.07, 6.45) is 0.286. The van der Waals surface area contributed by atoms with Crippen molar-refractivity contribution in [1.82, 2.24) is 0 Å². The van der Waals surface area contributed by atoms with Gasteiger partial charge in [0.15, 0.2) is 0 Å². The molecule has 0 unspecified atom stereocenters. The highest BCUT2D eigenvalue weighted by Gasteiger charge is 2.28. The second-order valence-electron chi connectivity index (χ2n) is 3.26. The van der Waals surface area contributed by atoms with Gasteiger partial charge in [0.05, 0.1) is 12.7 Å². The minimum atomic E-state index is -0.377. The summed E-state index contributed by atoms with van der Waals surface area (Å²) in [6.45, 7) is 0.133. The molecule has 0 aromatic heterocycles. The summed E-state index contributed by atoms with van der Waals surface area (Å²) < 4.78 is 0. The van der Waals surface area contributed by atoms with E-state index in [4.69, 9.17) is 5.11 Å². The van der Waals surface area contributed by atoms with Crippen molar-refractivity contribution in [2.75, 3.05) is 6.61 Å². The van der Waals surface area contributed by atoms with Gasteiger partial charge in [-0.1, -0.05) is 24.3 Å². The topological polar surface area (TPSA) is 40.5 Å². The number of benzene rings is 1. The monoisotopic (exact) mass is 164 g/mol. The van der Waals surface area contributed by atoms with Gasteiger partial charge in [0.1, 0.15) is 0 Å². The van der Waals surface area contributed by atoms with Crippen LogP contribution in [0, 0.1) is 0 Å². The summed E-state index contributed by atoms with van der Waals surface area (Å²) in [7, 11) is 0. The summed E-state index contributed by atoms with van der Waals surface area (Å²) >= 11 is 0. The third-order valence-electron chi connectivity index (χ3n) is 2.52. The average Bonchev–Trinajstić information content (AvgIpc) is 2.44. The Morgan fingerprint density at radius 2 is 1.92 bits per heavy atom. The Morgan fingerprint density at radius 1 is 1.25 bits per heavy atom. The van der Waals surface area contributed by atoms with E-state index >= 15 is 0 Å². The molecule has 64 valence electrons. The molecule has 2 atom stereocenters. The van der Waals surface area contributed by atoms with Crippen LogP contribution in [0.2, 0.25) is 0 Å². The first-order valence-corrected chi connectivity index (χ1v) is 4.20. The lowest BCUT2D eigenvalue weighted by molar-refractivity contribution is 0.158. The molecule has 0 heterocycles. The first-order valence-electron chi connectivity index (χ1n) is 4.20. The summed E-state index contributed by atoms with van der Waals surface area (Å²) in [6, 6.07) is 7.77. The van der Waals surface area contributed by atoms with Crippen molar-refractivity contribution in [1.29, 1.82) is 0 Å². The van der Waals surface area contributed by atoms with Crippen molar-refractivity contribution in [2.24, 2.45) is 0 Å². The van der Waals surface area contributed by atoms with Gasteiger partial charge in [-0.3, -0.25) is 0 Å². The van der Waals surface area contributed by atoms with Crippen LogP contribution >= 0.6 is 0 Å². The normalized spacial score (nSPS) is 27.2. The quantitative estimate of drug-likeness (QED) is 0.654. The maximum absolute atomic E-state index is 9.57. The largest absolute Gasteiger partial charge is 0.396 e. The van der Waals surface area contributed by atoms with Gasteiger partial charge in [-0.25, -0.2) is 0 Å². The molecule has 2 nitrogen and oxygen atoms in total. The number of aliphatic hydroxyl groups excluding tert-OH is 2. The van der Waals surface area contributed by atoms with E-state index in [1.807, 2.05) is 24.3 Å². The number of rotatable bonds is 1. The van der Waals surface area contributed by atoms with Crippen LogP contribution in [0.4, 0.5) is 0 Å². The SMILES string of the molecule is OC[C@@H]1C[C@H](O)c2ccccc21. The maximum Gasteiger partial charge on any atom is 0.0799 e. The lowest BCUT2D eigenvalue weighted by Crippen LogP contribution is -1.98. The molecule has 1 aromatic rings. The summed E-state index contributed by atoms with van der Waals surface area (Å²) in [5.41, 5.74) is 2.09. The molecule has 0 bridgehead atoms. The van der Waals surface area contributed by atoms with Gasteiger partial charge in [0, 0.05) is 5.92 Å². The molecule has 0 spiro atoms. The van der Waals surface area contributed by atoms with Crippen LogP contribution in [0.1, 0.15) is 29.6 Å². The highest BCUT2D eigenvalue weighted by atomic mass is 16.3. The van der Waals surface area contributed by atoms with Crippen molar-refractivity contribution >= 4 is 0 Å². The van der Waals surface area contributed by atoms with Crippen LogP contribution in [0.3, 0.4) is 0 Å². The molecule has 0 saturated carbocycles. The summed E-state index contributed by atoms with van der Waals surface area (Å²) in [5, 5.41) is 18.6. The number of hydrogen-bond donors (Lipinski definition) is 2. The van der Waals surface area contributed by atoms with Crippen molar-refractivity contribution < 1.29 is 10.2 Å². The zero-order valence-corrected chi connectivity index (χ0v) is 6.77. The highest BCUT2D eigenvalue weighted by molar-refractivity contribution is 5.36. The van der Waals surface area contributed by atoms with E-state index in [-0.39, 0.29) is 18.6 Å². The molecule has 1 aliphatic rings. The van der Waals surface area contributed by atoms with E-state index < -0.39 is 0 Å². The Bertz CT molecular complexity index is 283. The van der Waals surface area contributed by atoms with E-state index in [2.05, 4.69) is 0 Å². The molecule has 1 aliphatic carbocycles. The highest BCUT2D eigenvalue weighted by Crippen LogP contribution is 2.39. The zero-order valence-electron chi connectivity index (χ0n) is 6.77. The fourth-order valence-corrected chi connectivity index (χ4v) is 1.88. The molecule has 0 radical (unpaired) electrons. The average molecular weight is 164 g/mol. The molecule has 0 amide bonds. The van der Waals surface area contributed by atoms with Gasteiger partial charge in [-0.2, -0.15) is 0 Å². The first-order chi connectivity index (χ1) is 5.83. The Balaban J connectivity index is 2.43. The Kier molecular flexibility index (Phi) is 1.87. The minimum Gasteiger partial charge on any atom is -0.396 e. The summed E-state index contributed by atoms with van der Waals surface area (Å²) in [5.74, 6) is 0.135. The predicted molar refractivity (Wildman–Crippen MR) is 45.8 cm³/mol. The lowest BCUT2D eigenvalue weighted by atomic mass is 10.0. The van der Waals surface area contributed by atoms with Gasteiger partial charge in [0.2, 0.25) is 0 Å². The lowest BCUT2D eigenvalue weighted by Gasteiger charge is -2.04. The standard InChI is InChI=1S/C10H12O2/c11-6-7-5-10(12)9-4-2-1-3-8(7)9/h1-4,7,10-12H,5-6H2/t7-,10-/m0/s1. The van der Waals surface area contributed by atoms with Crippen LogP contribution in [0.5, 0.6) is 0 Å². The molecule has 0 saturated heterocycles. The van der Waals surface area contributed by atoms with E-state index in [0.29, 0.717) is 6.42 Å². The molecule has 2 rings (SSSR count). The third kappa shape index (κ3) is 1.04. The smallest absolute Gasteiger partial charge is 0.0799 e. The number of aliphatic hydroxyl groups is 2. The zero-order chi connectivity index (χ0) is 8.55. The minimum absolute atomic E-state index is 0.133. The molecule has 12 heavy (non-hydrogen) atoms. The molecule has 0 aliphatic heterocycles.